The largest absolute Gasteiger partial charge is 0.371 e. The first-order chi connectivity index (χ1) is 16.3. The molecule has 0 spiro atoms. The van der Waals surface area contributed by atoms with E-state index >= 15 is 0 Å². The molecule has 1 saturated heterocycles. The molecular formula is C24H29N5O4S. The number of primary amides is 1. The summed E-state index contributed by atoms with van der Waals surface area (Å²) in [6, 6.07) is 15.4. The Morgan fingerprint density at radius 2 is 1.68 bits per heavy atom. The first kappa shape index (κ1) is 23.7. The van der Waals surface area contributed by atoms with Crippen LogP contribution in [0.4, 0.5) is 11.4 Å². The Morgan fingerprint density at radius 1 is 1.03 bits per heavy atom. The van der Waals surface area contributed by atoms with Crippen LogP contribution in [0.2, 0.25) is 0 Å². The Kier molecular flexibility index (Phi) is 6.87. The number of rotatable bonds is 7. The van der Waals surface area contributed by atoms with Crippen LogP contribution in [-0.4, -0.2) is 56.9 Å². The van der Waals surface area contributed by atoms with E-state index in [1.807, 2.05) is 42.5 Å². The van der Waals surface area contributed by atoms with Crippen molar-refractivity contribution in [2.45, 2.75) is 43.2 Å². The number of hydrazone groups is 1. The van der Waals surface area contributed by atoms with Gasteiger partial charge in [0.2, 0.25) is 5.91 Å². The fourth-order valence-electron chi connectivity index (χ4n) is 4.27. The minimum absolute atomic E-state index is 0.0102. The van der Waals surface area contributed by atoms with Crippen LogP contribution in [0.15, 0.2) is 64.6 Å². The van der Waals surface area contributed by atoms with Gasteiger partial charge in [-0.05, 0) is 49.2 Å². The molecular weight excluding hydrogens is 454 g/mol. The van der Waals surface area contributed by atoms with E-state index in [0.29, 0.717) is 16.3 Å². The molecule has 10 heteroatoms. The van der Waals surface area contributed by atoms with E-state index in [4.69, 9.17) is 5.73 Å². The van der Waals surface area contributed by atoms with Gasteiger partial charge in [0.25, 0.3) is 5.91 Å². The van der Waals surface area contributed by atoms with Crippen LogP contribution in [-0.2, 0) is 19.4 Å². The molecule has 2 aromatic carbocycles. The van der Waals surface area contributed by atoms with E-state index < -0.39 is 21.8 Å². The van der Waals surface area contributed by atoms with Gasteiger partial charge in [-0.3, -0.25) is 14.6 Å². The van der Waals surface area contributed by atoms with Gasteiger partial charge in [0, 0.05) is 31.2 Å². The first-order valence-electron chi connectivity index (χ1n) is 11.4. The number of anilines is 2. The van der Waals surface area contributed by atoms with Gasteiger partial charge >= 0.3 is 0 Å². The minimum Gasteiger partial charge on any atom is -0.371 e. The molecule has 2 aromatic rings. The highest BCUT2D eigenvalue weighted by Gasteiger charge is 2.35. The third-order valence-corrected chi connectivity index (χ3v) is 8.04. The second-order valence-electron chi connectivity index (χ2n) is 8.48. The molecule has 0 saturated carbocycles. The second kappa shape index (κ2) is 9.84. The number of hydrogen-bond acceptors (Lipinski definition) is 7. The maximum absolute atomic E-state index is 12.9. The molecule has 1 unspecified atom stereocenters. The lowest BCUT2D eigenvalue weighted by Crippen LogP contribution is -2.46. The van der Waals surface area contributed by atoms with Gasteiger partial charge in [0.1, 0.15) is 11.8 Å². The van der Waals surface area contributed by atoms with Crippen LogP contribution < -0.4 is 21.0 Å². The van der Waals surface area contributed by atoms with Gasteiger partial charge in [-0.25, -0.2) is 8.42 Å². The summed E-state index contributed by atoms with van der Waals surface area (Å²) >= 11 is 0. The Balaban J connectivity index is 1.35. The Bertz CT molecular complexity index is 1170. The zero-order valence-corrected chi connectivity index (χ0v) is 19.9. The van der Waals surface area contributed by atoms with Crippen LogP contribution in [0.5, 0.6) is 0 Å². The first-order valence-corrected chi connectivity index (χ1v) is 13.0. The standard InChI is InChI=1S/C24H29N5O4S/c1-2-34(32,33)20-10-8-18(9-11-20)28-14-12-17(13-15-28)26-24(31)21-16-22(23(25)30)29(27-21)19-6-4-3-5-7-19/h3-11,17,22H,2,12-16H2,1H3,(H2,25,30)(H,26,31). The van der Waals surface area contributed by atoms with Gasteiger partial charge in [0.05, 0.1) is 16.3 Å². The molecule has 4 rings (SSSR count). The predicted octanol–water partition coefficient (Wildman–Crippen LogP) is 1.69. The predicted molar refractivity (Wildman–Crippen MR) is 132 cm³/mol. The fourth-order valence-corrected chi connectivity index (χ4v) is 5.15. The van der Waals surface area contributed by atoms with Crippen molar-refractivity contribution in [3.63, 3.8) is 0 Å². The lowest BCUT2D eigenvalue weighted by molar-refractivity contribution is -0.119. The van der Waals surface area contributed by atoms with Crippen LogP contribution in [0.1, 0.15) is 26.2 Å². The number of benzene rings is 2. The molecule has 0 aliphatic carbocycles. The van der Waals surface area contributed by atoms with Crippen LogP contribution in [0.3, 0.4) is 0 Å². The van der Waals surface area contributed by atoms with Crippen molar-refractivity contribution in [1.82, 2.24) is 5.32 Å². The lowest BCUT2D eigenvalue weighted by Gasteiger charge is -2.34. The van der Waals surface area contributed by atoms with Crippen molar-refractivity contribution in [1.29, 1.82) is 0 Å². The normalized spacial score (nSPS) is 19.1. The number of piperidine rings is 1. The smallest absolute Gasteiger partial charge is 0.267 e. The van der Waals surface area contributed by atoms with Crippen LogP contribution >= 0.6 is 0 Å². The number of amides is 2. The number of para-hydroxylation sites is 1. The average Bonchev–Trinajstić information content (AvgIpc) is 3.31. The molecule has 2 aliphatic rings. The van der Waals surface area contributed by atoms with Crippen molar-refractivity contribution < 1.29 is 18.0 Å². The molecule has 0 radical (unpaired) electrons. The Morgan fingerprint density at radius 3 is 2.26 bits per heavy atom. The number of nitrogens with one attached hydrogen (secondary N) is 1. The minimum atomic E-state index is -3.22. The molecule has 3 N–H and O–H groups in total. The number of nitrogens with zero attached hydrogens (tertiary/aromatic N) is 3. The molecule has 2 aliphatic heterocycles. The summed E-state index contributed by atoms with van der Waals surface area (Å²) in [7, 11) is -3.22. The Labute approximate surface area is 199 Å². The molecule has 1 atom stereocenters. The van der Waals surface area contributed by atoms with E-state index in [-0.39, 0.29) is 24.1 Å². The quantitative estimate of drug-likeness (QED) is 0.617. The molecule has 9 nitrogen and oxygen atoms in total. The molecule has 34 heavy (non-hydrogen) atoms. The molecule has 1 fully saturated rings. The summed E-state index contributed by atoms with van der Waals surface area (Å²) in [6.45, 7) is 3.10. The number of hydrogen-bond donors (Lipinski definition) is 2. The van der Waals surface area contributed by atoms with Gasteiger partial charge in [-0.15, -0.1) is 0 Å². The summed E-state index contributed by atoms with van der Waals surface area (Å²) in [5, 5.41) is 8.96. The van der Waals surface area contributed by atoms with E-state index in [1.165, 1.54) is 5.01 Å². The van der Waals surface area contributed by atoms with Gasteiger partial charge in [-0.1, -0.05) is 25.1 Å². The highest BCUT2D eigenvalue weighted by atomic mass is 32.2. The molecule has 2 heterocycles. The summed E-state index contributed by atoms with van der Waals surface area (Å²) in [5.41, 5.74) is 7.52. The van der Waals surface area contributed by atoms with Crippen LogP contribution in [0.25, 0.3) is 0 Å². The summed E-state index contributed by atoms with van der Waals surface area (Å²) in [6.07, 6.45) is 1.66. The zero-order chi connectivity index (χ0) is 24.3. The van der Waals surface area contributed by atoms with Gasteiger partial charge in [0.15, 0.2) is 9.84 Å². The van der Waals surface area contributed by atoms with E-state index in [2.05, 4.69) is 15.3 Å². The zero-order valence-electron chi connectivity index (χ0n) is 19.1. The third kappa shape index (κ3) is 5.06. The van der Waals surface area contributed by atoms with E-state index in [1.54, 1.807) is 19.1 Å². The topological polar surface area (TPSA) is 125 Å². The number of carbonyl (C=O) groups is 2. The number of sulfone groups is 1. The number of nitrogens with two attached hydrogens (primary N) is 1. The van der Waals surface area contributed by atoms with Crippen molar-refractivity contribution in [3.05, 3.63) is 54.6 Å². The van der Waals surface area contributed by atoms with Crippen molar-refractivity contribution in [2.24, 2.45) is 10.8 Å². The Hall–Kier alpha value is -3.40. The number of carbonyl (C=O) groups excluding carboxylic acids is 2. The van der Waals surface area contributed by atoms with Crippen LogP contribution in [0, 0.1) is 0 Å². The fraction of sp³-hybridized carbons (Fsp3) is 0.375. The van der Waals surface area contributed by atoms with Crippen molar-refractivity contribution >= 4 is 38.7 Å². The highest BCUT2D eigenvalue weighted by molar-refractivity contribution is 7.91. The molecule has 0 aromatic heterocycles. The maximum atomic E-state index is 12.9. The van der Waals surface area contributed by atoms with Crippen molar-refractivity contribution in [3.8, 4) is 0 Å². The average molecular weight is 484 g/mol. The maximum Gasteiger partial charge on any atom is 0.267 e. The van der Waals surface area contributed by atoms with E-state index in [9.17, 15) is 18.0 Å². The monoisotopic (exact) mass is 483 g/mol. The highest BCUT2D eigenvalue weighted by Crippen LogP contribution is 2.25. The SMILES string of the molecule is CCS(=O)(=O)c1ccc(N2CCC(NC(=O)C3=NN(c4ccccc4)C(C(N)=O)C3)CC2)cc1. The second-order valence-corrected chi connectivity index (χ2v) is 10.8. The summed E-state index contributed by atoms with van der Waals surface area (Å²) < 4.78 is 24.0. The van der Waals surface area contributed by atoms with Gasteiger partial charge in [-0.2, -0.15) is 5.10 Å². The molecule has 180 valence electrons. The lowest BCUT2D eigenvalue weighted by atomic mass is 10.0. The van der Waals surface area contributed by atoms with Gasteiger partial charge < -0.3 is 16.0 Å². The molecule has 2 amide bonds. The van der Waals surface area contributed by atoms with Crippen molar-refractivity contribution in [2.75, 3.05) is 28.8 Å². The van der Waals surface area contributed by atoms with E-state index in [0.717, 1.165) is 31.6 Å². The molecule has 0 bridgehead atoms. The summed E-state index contributed by atoms with van der Waals surface area (Å²) in [5.74, 6) is -0.731. The third-order valence-electron chi connectivity index (χ3n) is 6.29. The summed E-state index contributed by atoms with van der Waals surface area (Å²) in [4.78, 5) is 27.3.